The van der Waals surface area contributed by atoms with Gasteiger partial charge in [-0.25, -0.2) is 8.42 Å². The Balaban J connectivity index is 1.99. The molecule has 0 aliphatic carbocycles. The molecular weight excluding hydrogens is 342 g/mol. The molecule has 0 radical (unpaired) electrons. The molecule has 2 aromatic rings. The first-order valence-corrected chi connectivity index (χ1v) is 9.53. The Morgan fingerprint density at radius 3 is 2.40 bits per heavy atom. The van der Waals surface area contributed by atoms with E-state index in [4.69, 9.17) is 9.47 Å². The van der Waals surface area contributed by atoms with Gasteiger partial charge >= 0.3 is 0 Å². The van der Waals surface area contributed by atoms with Crippen LogP contribution in [0.5, 0.6) is 11.5 Å². The van der Waals surface area contributed by atoms with Crippen LogP contribution >= 0.6 is 0 Å². The fourth-order valence-corrected chi connectivity index (χ4v) is 2.99. The number of hydrogen-bond donors (Lipinski definition) is 1. The maximum atomic E-state index is 12.1. The number of nitrogens with one attached hydrogen (secondary N) is 1. The summed E-state index contributed by atoms with van der Waals surface area (Å²) in [6, 6.07) is 11.7. The lowest BCUT2D eigenvalue weighted by molar-refractivity contribution is -0.116. The second-order valence-electron chi connectivity index (χ2n) is 5.54. The number of anilines is 1. The average Bonchev–Trinajstić information content (AvgIpc) is 2.59. The van der Waals surface area contributed by atoms with E-state index in [0.29, 0.717) is 23.6 Å². The molecule has 0 heterocycles. The van der Waals surface area contributed by atoms with Crippen LogP contribution in [-0.4, -0.2) is 34.8 Å². The summed E-state index contributed by atoms with van der Waals surface area (Å²) in [6.45, 7) is 0. The van der Waals surface area contributed by atoms with E-state index in [9.17, 15) is 13.2 Å². The quantitative estimate of drug-likeness (QED) is 0.818. The molecule has 25 heavy (non-hydrogen) atoms. The Hall–Kier alpha value is -2.54. The molecule has 0 unspecified atom stereocenters. The maximum Gasteiger partial charge on any atom is 0.224 e. The van der Waals surface area contributed by atoms with Crippen LogP contribution in [0, 0.1) is 0 Å². The molecule has 0 aliphatic heterocycles. The minimum atomic E-state index is -3.31. The molecule has 2 rings (SSSR count). The molecule has 7 heteroatoms. The van der Waals surface area contributed by atoms with Crippen LogP contribution in [0.1, 0.15) is 12.0 Å². The van der Waals surface area contributed by atoms with E-state index < -0.39 is 9.84 Å². The summed E-state index contributed by atoms with van der Waals surface area (Å²) in [4.78, 5) is 12.3. The van der Waals surface area contributed by atoms with Crippen molar-refractivity contribution in [2.24, 2.45) is 0 Å². The Morgan fingerprint density at radius 2 is 1.76 bits per heavy atom. The molecule has 134 valence electrons. The van der Waals surface area contributed by atoms with Crippen molar-refractivity contribution in [3.05, 3.63) is 48.0 Å². The molecule has 1 amide bonds. The van der Waals surface area contributed by atoms with Crippen LogP contribution in [0.2, 0.25) is 0 Å². The second-order valence-corrected chi connectivity index (χ2v) is 7.55. The normalized spacial score (nSPS) is 11.0. The molecule has 2 aromatic carbocycles. The predicted molar refractivity (Wildman–Crippen MR) is 96.0 cm³/mol. The maximum absolute atomic E-state index is 12.1. The van der Waals surface area contributed by atoms with Crippen molar-refractivity contribution < 1.29 is 22.7 Å². The Morgan fingerprint density at radius 1 is 1.04 bits per heavy atom. The first kappa shape index (κ1) is 18.8. The van der Waals surface area contributed by atoms with E-state index >= 15 is 0 Å². The highest BCUT2D eigenvalue weighted by molar-refractivity contribution is 7.90. The van der Waals surface area contributed by atoms with Crippen LogP contribution in [0.15, 0.2) is 47.4 Å². The number of amides is 1. The third-order valence-corrected chi connectivity index (χ3v) is 4.74. The predicted octanol–water partition coefficient (Wildman–Crippen LogP) is 2.68. The minimum Gasteiger partial charge on any atom is -0.493 e. The number of benzene rings is 2. The van der Waals surface area contributed by atoms with Gasteiger partial charge in [-0.05, 0) is 42.3 Å². The molecule has 0 saturated carbocycles. The summed E-state index contributed by atoms with van der Waals surface area (Å²) < 4.78 is 33.5. The van der Waals surface area contributed by atoms with Gasteiger partial charge in [-0.3, -0.25) is 4.79 Å². The second kappa shape index (κ2) is 8.02. The smallest absolute Gasteiger partial charge is 0.224 e. The standard InChI is InChI=1S/C18H21NO5S/c1-23-16-9-7-13(11-17(16)24-2)8-10-18(20)19-14-5-4-6-15(12-14)25(3,21)22/h4-7,9,11-12H,8,10H2,1-3H3,(H,19,20). The van der Waals surface area contributed by atoms with Gasteiger partial charge in [-0.15, -0.1) is 0 Å². The number of sulfone groups is 1. The zero-order chi connectivity index (χ0) is 18.4. The van der Waals surface area contributed by atoms with E-state index in [1.165, 1.54) is 12.1 Å². The minimum absolute atomic E-state index is 0.171. The van der Waals surface area contributed by atoms with Crippen LogP contribution < -0.4 is 14.8 Å². The summed E-state index contributed by atoms with van der Waals surface area (Å²) in [5, 5.41) is 2.72. The molecule has 1 N–H and O–H groups in total. The highest BCUT2D eigenvalue weighted by atomic mass is 32.2. The van der Waals surface area contributed by atoms with Crippen molar-refractivity contribution in [2.45, 2.75) is 17.7 Å². The van der Waals surface area contributed by atoms with E-state index in [1.807, 2.05) is 12.1 Å². The summed E-state index contributed by atoms with van der Waals surface area (Å²) in [5.74, 6) is 1.05. The number of hydrogen-bond acceptors (Lipinski definition) is 5. The van der Waals surface area contributed by atoms with Gasteiger partial charge in [0.2, 0.25) is 5.91 Å². The topological polar surface area (TPSA) is 81.7 Å². The van der Waals surface area contributed by atoms with Gasteiger partial charge in [0.25, 0.3) is 0 Å². The van der Waals surface area contributed by atoms with Gasteiger partial charge in [-0.1, -0.05) is 12.1 Å². The van der Waals surface area contributed by atoms with E-state index in [-0.39, 0.29) is 17.2 Å². The van der Waals surface area contributed by atoms with Crippen molar-refractivity contribution in [3.8, 4) is 11.5 Å². The van der Waals surface area contributed by atoms with Crippen LogP contribution in [0.4, 0.5) is 5.69 Å². The first-order valence-electron chi connectivity index (χ1n) is 7.64. The Kier molecular flexibility index (Phi) is 6.03. The van der Waals surface area contributed by atoms with Crippen LogP contribution in [0.3, 0.4) is 0 Å². The third-order valence-electron chi connectivity index (χ3n) is 3.63. The number of aryl methyl sites for hydroxylation is 1. The summed E-state index contributed by atoms with van der Waals surface area (Å²) in [6.07, 6.45) is 1.92. The van der Waals surface area contributed by atoms with Crippen molar-refractivity contribution in [1.82, 2.24) is 0 Å². The van der Waals surface area contributed by atoms with E-state index in [1.54, 1.807) is 32.4 Å². The summed E-state index contributed by atoms with van der Waals surface area (Å²) in [5.41, 5.74) is 1.40. The molecule has 0 aliphatic rings. The number of methoxy groups -OCH3 is 2. The highest BCUT2D eigenvalue weighted by Crippen LogP contribution is 2.28. The van der Waals surface area contributed by atoms with Gasteiger partial charge in [0, 0.05) is 18.4 Å². The van der Waals surface area contributed by atoms with Gasteiger partial charge in [-0.2, -0.15) is 0 Å². The van der Waals surface area contributed by atoms with Crippen molar-refractivity contribution >= 4 is 21.4 Å². The van der Waals surface area contributed by atoms with E-state index in [0.717, 1.165) is 11.8 Å². The lowest BCUT2D eigenvalue weighted by Crippen LogP contribution is -2.12. The van der Waals surface area contributed by atoms with Crippen LogP contribution in [0.25, 0.3) is 0 Å². The number of rotatable bonds is 7. The van der Waals surface area contributed by atoms with Crippen molar-refractivity contribution in [3.63, 3.8) is 0 Å². The SMILES string of the molecule is COc1ccc(CCC(=O)Nc2cccc(S(C)(=O)=O)c2)cc1OC. The van der Waals surface area contributed by atoms with Crippen molar-refractivity contribution in [2.75, 3.05) is 25.8 Å². The number of carbonyl (C=O) groups excluding carboxylic acids is 1. The molecule has 6 nitrogen and oxygen atoms in total. The highest BCUT2D eigenvalue weighted by Gasteiger charge is 2.10. The molecule has 0 atom stereocenters. The fourth-order valence-electron chi connectivity index (χ4n) is 2.32. The Bertz CT molecular complexity index is 862. The zero-order valence-corrected chi connectivity index (χ0v) is 15.2. The van der Waals surface area contributed by atoms with E-state index in [2.05, 4.69) is 5.32 Å². The fraction of sp³-hybridized carbons (Fsp3) is 0.278. The summed E-state index contributed by atoms with van der Waals surface area (Å²) in [7, 11) is -0.184. The lowest BCUT2D eigenvalue weighted by Gasteiger charge is -2.10. The monoisotopic (exact) mass is 363 g/mol. The Labute approximate surface area is 147 Å². The molecular formula is C18H21NO5S. The third kappa shape index (κ3) is 5.22. The van der Waals surface area contributed by atoms with Gasteiger partial charge in [0.15, 0.2) is 21.3 Å². The largest absolute Gasteiger partial charge is 0.493 e. The molecule has 0 fully saturated rings. The van der Waals surface area contributed by atoms with Gasteiger partial charge in [0.1, 0.15) is 0 Å². The molecule has 0 saturated heterocycles. The summed E-state index contributed by atoms with van der Waals surface area (Å²) >= 11 is 0. The average molecular weight is 363 g/mol. The number of ether oxygens (including phenoxy) is 2. The van der Waals surface area contributed by atoms with Gasteiger partial charge < -0.3 is 14.8 Å². The lowest BCUT2D eigenvalue weighted by atomic mass is 10.1. The molecule has 0 bridgehead atoms. The van der Waals surface area contributed by atoms with Gasteiger partial charge in [0.05, 0.1) is 19.1 Å². The first-order chi connectivity index (χ1) is 11.8. The molecule has 0 spiro atoms. The van der Waals surface area contributed by atoms with Crippen molar-refractivity contribution in [1.29, 1.82) is 0 Å². The van der Waals surface area contributed by atoms with Crippen LogP contribution in [-0.2, 0) is 21.1 Å². The molecule has 0 aromatic heterocycles. The zero-order valence-electron chi connectivity index (χ0n) is 14.4. The number of carbonyl (C=O) groups is 1.